The Balaban J connectivity index is 4.20. The predicted molar refractivity (Wildman–Crippen MR) is 67.7 cm³/mol. The van der Waals surface area contributed by atoms with E-state index in [0.29, 0.717) is 25.2 Å². The summed E-state index contributed by atoms with van der Waals surface area (Å²) in [6, 6.07) is -0.796. The van der Waals surface area contributed by atoms with E-state index in [-0.39, 0.29) is 5.91 Å². The van der Waals surface area contributed by atoms with Gasteiger partial charge in [0.2, 0.25) is 5.91 Å². The highest BCUT2D eigenvalue weighted by Crippen LogP contribution is 2.12. The number of allylic oxidation sites excluding steroid dienone is 1. The van der Waals surface area contributed by atoms with Gasteiger partial charge in [-0.25, -0.2) is 4.79 Å². The van der Waals surface area contributed by atoms with Crippen molar-refractivity contribution in [2.24, 2.45) is 5.92 Å². The summed E-state index contributed by atoms with van der Waals surface area (Å²) in [5.41, 5.74) is 0. The summed E-state index contributed by atoms with van der Waals surface area (Å²) < 4.78 is 0. The second-order valence-electron chi connectivity index (χ2n) is 4.21. The molecule has 0 rings (SSSR count). The van der Waals surface area contributed by atoms with Gasteiger partial charge in [-0.2, -0.15) is 0 Å². The molecule has 0 saturated carbocycles. The van der Waals surface area contributed by atoms with E-state index >= 15 is 0 Å². The average molecular weight is 241 g/mol. The van der Waals surface area contributed by atoms with Crippen molar-refractivity contribution in [1.82, 2.24) is 5.32 Å². The molecule has 1 amide bonds. The van der Waals surface area contributed by atoms with Crippen molar-refractivity contribution in [3.63, 3.8) is 0 Å². The first-order valence-corrected chi connectivity index (χ1v) is 6.18. The number of rotatable bonds is 9. The van der Waals surface area contributed by atoms with E-state index < -0.39 is 12.0 Å². The molecule has 0 bridgehead atoms. The lowest BCUT2D eigenvalue weighted by Crippen LogP contribution is -2.41. The highest BCUT2D eigenvalue weighted by Gasteiger charge is 2.20. The Morgan fingerprint density at radius 2 is 1.94 bits per heavy atom. The van der Waals surface area contributed by atoms with Crippen molar-refractivity contribution in [3.05, 3.63) is 12.7 Å². The largest absolute Gasteiger partial charge is 0.480 e. The molecule has 4 heteroatoms. The van der Waals surface area contributed by atoms with Crippen LogP contribution in [-0.4, -0.2) is 23.0 Å². The van der Waals surface area contributed by atoms with Gasteiger partial charge in [0, 0.05) is 6.42 Å². The summed E-state index contributed by atoms with van der Waals surface area (Å²) in [6.45, 7) is 7.61. The van der Waals surface area contributed by atoms with Crippen LogP contribution in [0.2, 0.25) is 0 Å². The van der Waals surface area contributed by atoms with Gasteiger partial charge in [0.25, 0.3) is 0 Å². The van der Waals surface area contributed by atoms with Crippen LogP contribution in [0.15, 0.2) is 12.7 Å². The lowest BCUT2D eigenvalue weighted by atomic mass is 9.99. The molecule has 0 aromatic heterocycles. The third-order valence-corrected chi connectivity index (χ3v) is 2.92. The fraction of sp³-hybridized carbons (Fsp3) is 0.692. The molecule has 0 spiro atoms. The minimum atomic E-state index is -0.982. The monoisotopic (exact) mass is 241 g/mol. The van der Waals surface area contributed by atoms with Crippen LogP contribution in [-0.2, 0) is 9.59 Å². The first-order valence-electron chi connectivity index (χ1n) is 6.18. The molecular weight excluding hydrogens is 218 g/mol. The number of aliphatic carboxylic acids is 1. The lowest BCUT2D eigenvalue weighted by Gasteiger charge is -2.16. The van der Waals surface area contributed by atoms with Gasteiger partial charge in [0.15, 0.2) is 0 Å². The van der Waals surface area contributed by atoms with Gasteiger partial charge < -0.3 is 10.4 Å². The van der Waals surface area contributed by atoms with Crippen molar-refractivity contribution >= 4 is 11.9 Å². The average Bonchev–Trinajstić information content (AvgIpc) is 2.30. The van der Waals surface area contributed by atoms with E-state index in [2.05, 4.69) is 11.9 Å². The van der Waals surface area contributed by atoms with E-state index in [4.69, 9.17) is 5.11 Å². The summed E-state index contributed by atoms with van der Waals surface area (Å²) in [4.78, 5) is 22.6. The number of carboxylic acids is 1. The summed E-state index contributed by atoms with van der Waals surface area (Å²) in [6.07, 6.45) is 4.92. The Hall–Kier alpha value is -1.32. The van der Waals surface area contributed by atoms with Crippen LogP contribution in [0, 0.1) is 5.92 Å². The van der Waals surface area contributed by atoms with Crippen LogP contribution in [0.4, 0.5) is 0 Å². The molecule has 0 saturated heterocycles. The number of amides is 1. The zero-order valence-electron chi connectivity index (χ0n) is 10.7. The molecule has 1 unspecified atom stereocenters. The zero-order valence-corrected chi connectivity index (χ0v) is 10.7. The Labute approximate surface area is 103 Å². The number of carbonyl (C=O) groups is 2. The van der Waals surface area contributed by atoms with Gasteiger partial charge in [0.1, 0.15) is 6.04 Å². The van der Waals surface area contributed by atoms with Crippen molar-refractivity contribution in [2.75, 3.05) is 0 Å². The number of nitrogens with one attached hydrogen (secondary N) is 1. The van der Waals surface area contributed by atoms with Gasteiger partial charge in [-0.3, -0.25) is 4.79 Å². The molecule has 0 aromatic carbocycles. The number of carboxylic acid groups (broad SMARTS) is 1. The minimum absolute atomic E-state index is 0.171. The van der Waals surface area contributed by atoms with Crippen LogP contribution in [0.25, 0.3) is 0 Å². The van der Waals surface area contributed by atoms with Gasteiger partial charge in [0.05, 0.1) is 0 Å². The summed E-state index contributed by atoms with van der Waals surface area (Å²) >= 11 is 0. The van der Waals surface area contributed by atoms with E-state index in [0.717, 1.165) is 12.8 Å². The molecule has 0 aliphatic heterocycles. The van der Waals surface area contributed by atoms with Crippen molar-refractivity contribution < 1.29 is 14.7 Å². The highest BCUT2D eigenvalue weighted by molar-refractivity contribution is 5.83. The molecule has 0 aromatic rings. The number of carbonyl (C=O) groups excluding carboxylic acids is 1. The molecule has 4 nitrogen and oxygen atoms in total. The first kappa shape index (κ1) is 15.7. The fourth-order valence-corrected chi connectivity index (χ4v) is 1.63. The van der Waals surface area contributed by atoms with Gasteiger partial charge in [-0.15, -0.1) is 6.58 Å². The predicted octanol–water partition coefficient (Wildman–Crippen LogP) is 2.35. The SMILES string of the molecule is C=CCCC(NC(=O)CC(CC)CC)C(=O)O. The van der Waals surface area contributed by atoms with E-state index in [9.17, 15) is 9.59 Å². The molecule has 17 heavy (non-hydrogen) atoms. The maximum atomic E-state index is 11.6. The standard InChI is InChI=1S/C13H23NO3/c1-4-7-8-11(13(16)17)14-12(15)9-10(5-2)6-3/h4,10-11H,1,5-9H2,2-3H3,(H,14,15)(H,16,17). The topological polar surface area (TPSA) is 66.4 Å². The third-order valence-electron chi connectivity index (χ3n) is 2.92. The second-order valence-corrected chi connectivity index (χ2v) is 4.21. The first-order chi connectivity index (χ1) is 8.04. The quantitative estimate of drug-likeness (QED) is 0.609. The summed E-state index contributed by atoms with van der Waals surface area (Å²) in [5.74, 6) is -0.816. The van der Waals surface area contributed by atoms with Gasteiger partial charge >= 0.3 is 5.97 Å². The van der Waals surface area contributed by atoms with Crippen LogP contribution in [0.5, 0.6) is 0 Å². The van der Waals surface area contributed by atoms with Crippen LogP contribution < -0.4 is 5.32 Å². The van der Waals surface area contributed by atoms with Crippen molar-refractivity contribution in [3.8, 4) is 0 Å². The Bertz CT molecular complexity index is 259. The Morgan fingerprint density at radius 3 is 2.35 bits per heavy atom. The van der Waals surface area contributed by atoms with Crippen molar-refractivity contribution in [1.29, 1.82) is 0 Å². The minimum Gasteiger partial charge on any atom is -0.480 e. The van der Waals surface area contributed by atoms with Crippen LogP contribution in [0.1, 0.15) is 46.0 Å². The maximum absolute atomic E-state index is 11.6. The van der Waals surface area contributed by atoms with E-state index in [1.165, 1.54) is 0 Å². The molecule has 0 heterocycles. The summed E-state index contributed by atoms with van der Waals surface area (Å²) in [7, 11) is 0. The Morgan fingerprint density at radius 1 is 1.35 bits per heavy atom. The van der Waals surface area contributed by atoms with E-state index in [1.807, 2.05) is 13.8 Å². The molecule has 0 aliphatic carbocycles. The molecule has 0 radical (unpaired) electrons. The van der Waals surface area contributed by atoms with Crippen LogP contribution >= 0.6 is 0 Å². The molecule has 98 valence electrons. The fourth-order valence-electron chi connectivity index (χ4n) is 1.63. The zero-order chi connectivity index (χ0) is 13.3. The Kier molecular flexibility index (Phi) is 8.11. The lowest BCUT2D eigenvalue weighted by molar-refractivity contribution is -0.142. The number of hydrogen-bond donors (Lipinski definition) is 2. The highest BCUT2D eigenvalue weighted by atomic mass is 16.4. The van der Waals surface area contributed by atoms with Gasteiger partial charge in [-0.1, -0.05) is 32.8 Å². The smallest absolute Gasteiger partial charge is 0.326 e. The molecular formula is C13H23NO3. The molecule has 0 fully saturated rings. The second kappa shape index (κ2) is 8.79. The van der Waals surface area contributed by atoms with Crippen LogP contribution in [0.3, 0.4) is 0 Å². The van der Waals surface area contributed by atoms with Crippen molar-refractivity contribution in [2.45, 2.75) is 52.0 Å². The maximum Gasteiger partial charge on any atom is 0.326 e. The normalized spacial score (nSPS) is 12.2. The number of hydrogen-bond acceptors (Lipinski definition) is 2. The molecule has 2 N–H and O–H groups in total. The van der Waals surface area contributed by atoms with E-state index in [1.54, 1.807) is 6.08 Å². The molecule has 0 aliphatic rings. The summed E-state index contributed by atoms with van der Waals surface area (Å²) in [5, 5.41) is 11.5. The molecule has 1 atom stereocenters. The third kappa shape index (κ3) is 6.76. The van der Waals surface area contributed by atoms with Gasteiger partial charge in [-0.05, 0) is 18.8 Å².